The van der Waals surface area contributed by atoms with Gasteiger partial charge in [-0.3, -0.25) is 4.79 Å². The molecule has 0 radical (unpaired) electrons. The zero-order valence-corrected chi connectivity index (χ0v) is 20.9. The minimum atomic E-state index is -0.610. The summed E-state index contributed by atoms with van der Waals surface area (Å²) >= 11 is 12.2. The molecule has 3 rings (SSSR count). The Hall–Kier alpha value is -3.72. The summed E-state index contributed by atoms with van der Waals surface area (Å²) in [6.07, 6.45) is 3.74. The molecule has 3 aromatic carbocycles. The normalized spacial score (nSPS) is 10.9. The van der Waals surface area contributed by atoms with E-state index in [0.29, 0.717) is 40.8 Å². The SMILES string of the molecule is C=CCc1cc(/C=C(/C#N)C(=O)Nc2cccc(Cl)c2Cl)cc(OC)c1OCc1cccc(C)c1. The van der Waals surface area contributed by atoms with Crippen LogP contribution >= 0.6 is 23.2 Å². The number of benzene rings is 3. The van der Waals surface area contributed by atoms with E-state index >= 15 is 0 Å². The topological polar surface area (TPSA) is 71.4 Å². The predicted octanol–water partition coefficient (Wildman–Crippen LogP) is 7.16. The van der Waals surface area contributed by atoms with Crippen molar-refractivity contribution in [1.82, 2.24) is 0 Å². The molecule has 0 atom stereocenters. The lowest BCUT2D eigenvalue weighted by molar-refractivity contribution is -0.112. The molecule has 0 aliphatic heterocycles. The number of methoxy groups -OCH3 is 1. The summed E-state index contributed by atoms with van der Waals surface area (Å²) in [4.78, 5) is 12.8. The summed E-state index contributed by atoms with van der Waals surface area (Å²) in [6, 6.07) is 18.4. The molecule has 0 bridgehead atoms. The number of ether oxygens (including phenoxy) is 2. The van der Waals surface area contributed by atoms with Crippen molar-refractivity contribution in [1.29, 1.82) is 5.26 Å². The average molecular weight is 507 g/mol. The van der Waals surface area contributed by atoms with Gasteiger partial charge in [-0.05, 0) is 54.8 Å². The summed E-state index contributed by atoms with van der Waals surface area (Å²) in [7, 11) is 1.54. The Bertz CT molecular complexity index is 1330. The van der Waals surface area contributed by atoms with Gasteiger partial charge < -0.3 is 14.8 Å². The first kappa shape index (κ1) is 25.9. The molecule has 0 fully saturated rings. The number of aryl methyl sites for hydroxylation is 1. The molecule has 7 heteroatoms. The molecule has 0 aromatic heterocycles. The smallest absolute Gasteiger partial charge is 0.266 e. The van der Waals surface area contributed by atoms with E-state index in [1.165, 1.54) is 6.08 Å². The van der Waals surface area contributed by atoms with Crippen molar-refractivity contribution in [2.24, 2.45) is 0 Å². The molecule has 0 aliphatic rings. The Morgan fingerprint density at radius 2 is 1.94 bits per heavy atom. The summed E-state index contributed by atoms with van der Waals surface area (Å²) in [5.74, 6) is 0.458. The number of nitrogens with zero attached hydrogens (tertiary/aromatic N) is 1. The number of amides is 1. The maximum Gasteiger partial charge on any atom is 0.266 e. The molecule has 3 aromatic rings. The van der Waals surface area contributed by atoms with Crippen molar-refractivity contribution in [3.8, 4) is 17.6 Å². The van der Waals surface area contributed by atoms with Crippen LogP contribution in [0.15, 0.2) is 72.8 Å². The van der Waals surface area contributed by atoms with Gasteiger partial charge in [0.15, 0.2) is 11.5 Å². The molecule has 0 heterocycles. The van der Waals surface area contributed by atoms with Crippen LogP contribution in [0.3, 0.4) is 0 Å². The van der Waals surface area contributed by atoms with E-state index in [9.17, 15) is 10.1 Å². The number of anilines is 1. The van der Waals surface area contributed by atoms with Gasteiger partial charge >= 0.3 is 0 Å². The number of rotatable bonds is 9. The molecule has 35 heavy (non-hydrogen) atoms. The number of halogens is 2. The fraction of sp³-hybridized carbons (Fsp3) is 0.143. The zero-order valence-electron chi connectivity index (χ0n) is 19.4. The standard InChI is InChI=1S/C28H24Cl2N2O3/c1-4-7-21-13-20(14-22(16-31)28(33)32-24-11-6-10-23(29)26(24)30)15-25(34-3)27(21)35-17-19-9-5-8-18(2)12-19/h4-6,8-15H,1,7,17H2,2-3H3,(H,32,33)/b22-14-. The number of hydrogen-bond donors (Lipinski definition) is 1. The lowest BCUT2D eigenvalue weighted by atomic mass is 10.0. The number of hydrogen-bond acceptors (Lipinski definition) is 4. The summed E-state index contributed by atoms with van der Waals surface area (Å²) in [5, 5.41) is 12.8. The van der Waals surface area contributed by atoms with E-state index in [-0.39, 0.29) is 10.6 Å². The van der Waals surface area contributed by atoms with E-state index < -0.39 is 5.91 Å². The van der Waals surface area contributed by atoms with Crippen molar-refractivity contribution >= 4 is 40.9 Å². The highest BCUT2D eigenvalue weighted by Gasteiger charge is 2.16. The summed E-state index contributed by atoms with van der Waals surface area (Å²) in [5.41, 5.74) is 3.80. The van der Waals surface area contributed by atoms with E-state index in [0.717, 1.165) is 16.7 Å². The highest BCUT2D eigenvalue weighted by Crippen LogP contribution is 2.35. The van der Waals surface area contributed by atoms with Gasteiger partial charge in [0.25, 0.3) is 5.91 Å². The molecular formula is C28H24Cl2N2O3. The monoisotopic (exact) mass is 506 g/mol. The maximum absolute atomic E-state index is 12.8. The second kappa shape index (κ2) is 12.1. The first-order chi connectivity index (χ1) is 16.9. The first-order valence-corrected chi connectivity index (χ1v) is 11.5. The molecule has 178 valence electrons. The number of carbonyl (C=O) groups excluding carboxylic acids is 1. The molecule has 0 saturated carbocycles. The molecule has 0 aliphatic carbocycles. The Kier molecular flexibility index (Phi) is 8.97. The maximum atomic E-state index is 12.8. The van der Waals surface area contributed by atoms with Gasteiger partial charge in [0.05, 0.1) is 22.8 Å². The van der Waals surface area contributed by atoms with Gasteiger partial charge in [0.2, 0.25) is 0 Å². The predicted molar refractivity (Wildman–Crippen MR) is 141 cm³/mol. The van der Waals surface area contributed by atoms with Crippen LogP contribution < -0.4 is 14.8 Å². The lowest BCUT2D eigenvalue weighted by Gasteiger charge is -2.16. The average Bonchev–Trinajstić information content (AvgIpc) is 2.84. The van der Waals surface area contributed by atoms with Crippen molar-refractivity contribution < 1.29 is 14.3 Å². The largest absolute Gasteiger partial charge is 0.493 e. The Balaban J connectivity index is 1.92. The zero-order chi connectivity index (χ0) is 25.4. The van der Waals surface area contributed by atoms with Crippen LogP contribution in [-0.4, -0.2) is 13.0 Å². The summed E-state index contributed by atoms with van der Waals surface area (Å²) < 4.78 is 11.7. The third kappa shape index (κ3) is 6.66. The van der Waals surface area contributed by atoms with E-state index in [4.69, 9.17) is 32.7 Å². The van der Waals surface area contributed by atoms with Crippen LogP contribution in [0.2, 0.25) is 10.0 Å². The minimum Gasteiger partial charge on any atom is -0.493 e. The molecule has 0 unspecified atom stereocenters. The summed E-state index contributed by atoms with van der Waals surface area (Å²) in [6.45, 7) is 6.22. The van der Waals surface area contributed by atoms with Crippen LogP contribution in [0.4, 0.5) is 5.69 Å². The molecule has 1 amide bonds. The van der Waals surface area contributed by atoms with Gasteiger partial charge in [0.1, 0.15) is 18.2 Å². The van der Waals surface area contributed by atoms with Crippen molar-refractivity contribution in [2.75, 3.05) is 12.4 Å². The van der Waals surface area contributed by atoms with Gasteiger partial charge in [-0.25, -0.2) is 0 Å². The fourth-order valence-corrected chi connectivity index (χ4v) is 3.80. The van der Waals surface area contributed by atoms with Crippen molar-refractivity contribution in [3.63, 3.8) is 0 Å². The molecule has 5 nitrogen and oxygen atoms in total. The molecule has 1 N–H and O–H groups in total. The Morgan fingerprint density at radius 3 is 2.63 bits per heavy atom. The molecular weight excluding hydrogens is 483 g/mol. The number of carbonyl (C=O) groups is 1. The van der Waals surface area contributed by atoms with Crippen LogP contribution in [0.5, 0.6) is 11.5 Å². The van der Waals surface area contributed by atoms with E-state index in [1.807, 2.05) is 37.3 Å². The van der Waals surface area contributed by atoms with E-state index in [1.54, 1.807) is 37.5 Å². The highest BCUT2D eigenvalue weighted by molar-refractivity contribution is 6.44. The van der Waals surface area contributed by atoms with E-state index in [2.05, 4.69) is 18.0 Å². The quantitative estimate of drug-likeness (QED) is 0.190. The van der Waals surface area contributed by atoms with Gasteiger partial charge in [-0.1, -0.05) is 65.2 Å². The number of nitrogens with one attached hydrogen (secondary N) is 1. The highest BCUT2D eigenvalue weighted by atomic mass is 35.5. The molecule has 0 saturated heterocycles. The lowest BCUT2D eigenvalue weighted by Crippen LogP contribution is -2.13. The minimum absolute atomic E-state index is 0.110. The van der Waals surface area contributed by atoms with Gasteiger partial charge in [-0.2, -0.15) is 5.26 Å². The second-order valence-electron chi connectivity index (χ2n) is 7.71. The van der Waals surface area contributed by atoms with Crippen molar-refractivity contribution in [2.45, 2.75) is 20.0 Å². The van der Waals surface area contributed by atoms with Gasteiger partial charge in [-0.15, -0.1) is 6.58 Å². The van der Waals surface area contributed by atoms with Crippen molar-refractivity contribution in [3.05, 3.63) is 105 Å². The number of allylic oxidation sites excluding steroid dienone is 1. The number of nitriles is 1. The van der Waals surface area contributed by atoms with Crippen LogP contribution in [0, 0.1) is 18.3 Å². The fourth-order valence-electron chi connectivity index (χ4n) is 3.45. The third-order valence-corrected chi connectivity index (χ3v) is 5.90. The van der Waals surface area contributed by atoms with Crippen LogP contribution in [0.25, 0.3) is 6.08 Å². The first-order valence-electron chi connectivity index (χ1n) is 10.7. The molecule has 0 spiro atoms. The van der Waals surface area contributed by atoms with Crippen LogP contribution in [-0.2, 0) is 17.8 Å². The van der Waals surface area contributed by atoms with Crippen LogP contribution in [0.1, 0.15) is 22.3 Å². The third-order valence-electron chi connectivity index (χ3n) is 5.08. The second-order valence-corrected chi connectivity index (χ2v) is 8.49. The Morgan fingerprint density at radius 1 is 1.17 bits per heavy atom. The van der Waals surface area contributed by atoms with Gasteiger partial charge in [0, 0.05) is 5.56 Å². The Labute approximate surface area is 215 Å².